The van der Waals surface area contributed by atoms with Gasteiger partial charge in [0.05, 0.1) is 4.91 Å². The van der Waals surface area contributed by atoms with Crippen molar-refractivity contribution in [2.75, 3.05) is 39.8 Å². The Labute approximate surface area is 171 Å². The van der Waals surface area contributed by atoms with Gasteiger partial charge in [0.25, 0.3) is 5.91 Å². The van der Waals surface area contributed by atoms with Crippen LogP contribution < -0.4 is 0 Å². The molecule has 5 nitrogen and oxygen atoms in total. The molecule has 138 valence electrons. The molecule has 2 aliphatic heterocycles. The van der Waals surface area contributed by atoms with Gasteiger partial charge in [0.2, 0.25) is 5.91 Å². The first-order valence-electron chi connectivity index (χ1n) is 8.02. The lowest BCUT2D eigenvalue weighted by atomic mass is 10.2. The molecule has 9 heteroatoms. The third-order valence-corrected chi connectivity index (χ3v) is 6.34. The van der Waals surface area contributed by atoms with Crippen molar-refractivity contribution in [2.24, 2.45) is 0 Å². The van der Waals surface area contributed by atoms with Gasteiger partial charge in [-0.1, -0.05) is 53.2 Å². The third kappa shape index (κ3) is 4.23. The maximum atomic E-state index is 12.7. The Kier molecular flexibility index (Phi) is 6.25. The molecule has 26 heavy (non-hydrogen) atoms. The maximum Gasteiger partial charge on any atom is 0.266 e. The molecule has 0 atom stereocenters. The van der Waals surface area contributed by atoms with Crippen LogP contribution in [-0.2, 0) is 9.59 Å². The molecule has 3 rings (SSSR count). The Morgan fingerprint density at radius 2 is 1.85 bits per heavy atom. The van der Waals surface area contributed by atoms with E-state index in [2.05, 4.69) is 4.90 Å². The molecule has 2 amide bonds. The lowest BCUT2D eigenvalue weighted by molar-refractivity contribution is -0.136. The number of amides is 2. The van der Waals surface area contributed by atoms with E-state index in [1.807, 2.05) is 7.05 Å². The second-order valence-electron chi connectivity index (χ2n) is 6.09. The molecule has 0 aliphatic carbocycles. The lowest BCUT2D eigenvalue weighted by Gasteiger charge is -2.33. The lowest BCUT2D eigenvalue weighted by Crippen LogP contribution is -2.50. The Morgan fingerprint density at radius 3 is 2.46 bits per heavy atom. The number of nitrogens with zero attached hydrogens (tertiary/aromatic N) is 3. The highest BCUT2D eigenvalue weighted by Gasteiger charge is 2.35. The van der Waals surface area contributed by atoms with Crippen molar-refractivity contribution in [3.63, 3.8) is 0 Å². The summed E-state index contributed by atoms with van der Waals surface area (Å²) in [6, 6.07) is 5.15. The zero-order valence-electron chi connectivity index (χ0n) is 14.1. The van der Waals surface area contributed by atoms with Gasteiger partial charge in [0.15, 0.2) is 0 Å². The van der Waals surface area contributed by atoms with Gasteiger partial charge in [-0.2, -0.15) is 0 Å². The van der Waals surface area contributed by atoms with E-state index in [0.29, 0.717) is 37.9 Å². The Morgan fingerprint density at radius 1 is 1.23 bits per heavy atom. The van der Waals surface area contributed by atoms with Crippen molar-refractivity contribution in [1.82, 2.24) is 14.7 Å². The number of benzene rings is 1. The number of carbonyl (C=O) groups is 2. The summed E-state index contributed by atoms with van der Waals surface area (Å²) in [6.45, 7) is 2.94. The number of thiocarbonyl (C=S) groups is 1. The Hall–Kier alpha value is -1.12. The average molecular weight is 430 g/mol. The molecule has 1 aromatic carbocycles. The number of thioether (sulfide) groups is 1. The van der Waals surface area contributed by atoms with E-state index in [9.17, 15) is 9.59 Å². The molecule has 2 aliphatic rings. The monoisotopic (exact) mass is 429 g/mol. The van der Waals surface area contributed by atoms with Gasteiger partial charge in [0.1, 0.15) is 10.9 Å². The van der Waals surface area contributed by atoms with Crippen molar-refractivity contribution in [3.8, 4) is 0 Å². The van der Waals surface area contributed by atoms with Gasteiger partial charge in [-0.25, -0.2) is 0 Å². The summed E-state index contributed by atoms with van der Waals surface area (Å²) in [7, 11) is 2.02. The highest BCUT2D eigenvalue weighted by molar-refractivity contribution is 8.26. The van der Waals surface area contributed by atoms with E-state index in [1.165, 1.54) is 4.90 Å². The van der Waals surface area contributed by atoms with Crippen LogP contribution in [0.15, 0.2) is 23.1 Å². The summed E-state index contributed by atoms with van der Waals surface area (Å²) >= 11 is 18.8. The first kappa shape index (κ1) is 19.6. The normalized spacial score (nSPS) is 20.3. The second-order valence-corrected chi connectivity index (χ2v) is 8.58. The van der Waals surface area contributed by atoms with E-state index >= 15 is 0 Å². The van der Waals surface area contributed by atoms with Gasteiger partial charge < -0.3 is 9.80 Å². The average Bonchev–Trinajstić information content (AvgIpc) is 2.86. The van der Waals surface area contributed by atoms with E-state index in [0.717, 1.165) is 24.9 Å². The number of hydrogen-bond acceptors (Lipinski definition) is 5. The summed E-state index contributed by atoms with van der Waals surface area (Å²) in [5, 5.41) is 0.910. The van der Waals surface area contributed by atoms with Crippen molar-refractivity contribution in [1.29, 1.82) is 0 Å². The van der Waals surface area contributed by atoms with Gasteiger partial charge in [-0.3, -0.25) is 14.5 Å². The first-order valence-corrected chi connectivity index (χ1v) is 10.0. The molecule has 0 spiro atoms. The molecule has 1 aromatic rings. The molecular formula is C17H17Cl2N3O2S2. The van der Waals surface area contributed by atoms with Crippen molar-refractivity contribution in [3.05, 3.63) is 38.7 Å². The standard InChI is InChI=1S/C17H17Cl2N3O2S2/c1-20-5-7-21(8-6-20)15(23)10-22-16(24)14(26-17(22)25)9-11-12(18)3-2-4-13(11)19/h2-4,9H,5-8,10H2,1H3/b14-9-. The minimum Gasteiger partial charge on any atom is -0.339 e. The largest absolute Gasteiger partial charge is 0.339 e. The van der Waals surface area contributed by atoms with Crippen LogP contribution in [0, 0.1) is 0 Å². The Bertz CT molecular complexity index is 772. The quantitative estimate of drug-likeness (QED) is 0.545. The zero-order valence-corrected chi connectivity index (χ0v) is 17.2. The number of hydrogen-bond donors (Lipinski definition) is 0. The molecule has 2 heterocycles. The van der Waals surface area contributed by atoms with Crippen molar-refractivity contribution in [2.45, 2.75) is 0 Å². The molecule has 0 saturated carbocycles. The van der Waals surface area contributed by atoms with Crippen molar-refractivity contribution < 1.29 is 9.59 Å². The van der Waals surface area contributed by atoms with Gasteiger partial charge >= 0.3 is 0 Å². The number of halogens is 2. The van der Waals surface area contributed by atoms with Crippen LogP contribution in [0.2, 0.25) is 10.0 Å². The van der Waals surface area contributed by atoms with E-state index in [-0.39, 0.29) is 18.4 Å². The maximum absolute atomic E-state index is 12.7. The SMILES string of the molecule is CN1CCN(C(=O)CN2C(=O)/C(=C/c3c(Cl)cccc3Cl)SC2=S)CC1. The summed E-state index contributed by atoms with van der Waals surface area (Å²) in [5.74, 6) is -0.384. The summed E-state index contributed by atoms with van der Waals surface area (Å²) < 4.78 is 0.368. The van der Waals surface area contributed by atoms with Gasteiger partial charge in [-0.05, 0) is 25.3 Å². The topological polar surface area (TPSA) is 43.9 Å². The molecule has 0 N–H and O–H groups in total. The zero-order chi connectivity index (χ0) is 18.8. The van der Waals surface area contributed by atoms with E-state index in [1.54, 1.807) is 29.2 Å². The predicted molar refractivity (Wildman–Crippen MR) is 110 cm³/mol. The van der Waals surface area contributed by atoms with Crippen LogP contribution in [0.25, 0.3) is 6.08 Å². The minimum absolute atomic E-state index is 0.0397. The van der Waals surface area contributed by atoms with Crippen LogP contribution in [0.5, 0.6) is 0 Å². The van der Waals surface area contributed by atoms with Crippen LogP contribution in [-0.4, -0.2) is 70.6 Å². The number of likely N-dealkylation sites (N-methyl/N-ethyl adjacent to an activating group) is 1. The highest BCUT2D eigenvalue weighted by Crippen LogP contribution is 2.35. The molecule has 0 bridgehead atoms. The number of piperazine rings is 1. The summed E-state index contributed by atoms with van der Waals surface area (Å²) in [4.78, 5) is 30.9. The fourth-order valence-electron chi connectivity index (χ4n) is 2.71. The number of rotatable bonds is 3. The molecule has 0 unspecified atom stereocenters. The van der Waals surface area contributed by atoms with E-state index in [4.69, 9.17) is 35.4 Å². The van der Waals surface area contributed by atoms with Gasteiger partial charge in [-0.15, -0.1) is 0 Å². The number of carbonyl (C=O) groups excluding carboxylic acids is 2. The fraction of sp³-hybridized carbons (Fsp3) is 0.353. The smallest absolute Gasteiger partial charge is 0.266 e. The molecular weight excluding hydrogens is 413 g/mol. The van der Waals surface area contributed by atoms with E-state index < -0.39 is 0 Å². The highest BCUT2D eigenvalue weighted by atomic mass is 35.5. The van der Waals surface area contributed by atoms with Crippen LogP contribution in [0.3, 0.4) is 0 Å². The fourth-order valence-corrected chi connectivity index (χ4v) is 4.45. The van der Waals surface area contributed by atoms with Crippen LogP contribution in [0.1, 0.15) is 5.56 Å². The van der Waals surface area contributed by atoms with Crippen molar-refractivity contribution >= 4 is 69.4 Å². The molecule has 2 fully saturated rings. The first-order chi connectivity index (χ1) is 12.4. The molecule has 0 radical (unpaired) electrons. The van der Waals surface area contributed by atoms with Crippen LogP contribution >= 0.6 is 47.2 Å². The minimum atomic E-state index is -0.293. The Balaban J connectivity index is 1.73. The van der Waals surface area contributed by atoms with Crippen LogP contribution in [0.4, 0.5) is 0 Å². The summed E-state index contributed by atoms with van der Waals surface area (Å²) in [5.41, 5.74) is 0.571. The predicted octanol–water partition coefficient (Wildman–Crippen LogP) is 2.97. The molecule has 2 saturated heterocycles. The van der Waals surface area contributed by atoms with Gasteiger partial charge in [0, 0.05) is 41.8 Å². The second kappa shape index (κ2) is 8.27. The summed E-state index contributed by atoms with van der Waals surface area (Å²) in [6.07, 6.45) is 1.63. The molecule has 0 aromatic heterocycles. The third-order valence-electron chi connectivity index (χ3n) is 4.30.